The first kappa shape index (κ1) is 17.2. The molecule has 0 aromatic heterocycles. The van der Waals surface area contributed by atoms with Crippen molar-refractivity contribution in [1.29, 1.82) is 0 Å². The van der Waals surface area contributed by atoms with E-state index in [0.29, 0.717) is 0 Å². The van der Waals surface area contributed by atoms with Gasteiger partial charge in [-0.25, -0.2) is 0 Å². The third kappa shape index (κ3) is 15.3. The highest BCUT2D eigenvalue weighted by molar-refractivity contribution is 7.85. The molecule has 0 radical (unpaired) electrons. The second-order valence-electron chi connectivity index (χ2n) is 2.75. The third-order valence-electron chi connectivity index (χ3n) is 1.35. The van der Waals surface area contributed by atoms with Crippen LogP contribution in [-0.2, 0) is 19.7 Å². The van der Waals surface area contributed by atoms with Crippen molar-refractivity contribution in [2.24, 2.45) is 5.73 Å². The Hall–Kier alpha value is -1.19. The maximum absolute atomic E-state index is 9.99. The smallest absolute Gasteiger partial charge is 0.320 e. The van der Waals surface area contributed by atoms with Gasteiger partial charge in [0.1, 0.15) is 6.04 Å². The molecule has 9 heteroatoms. The summed E-state index contributed by atoms with van der Waals surface area (Å²) in [6.45, 7) is 1.37. The molecule has 1 atom stereocenters. The van der Waals surface area contributed by atoms with Crippen molar-refractivity contribution in [2.75, 3.05) is 5.75 Å². The van der Waals surface area contributed by atoms with E-state index >= 15 is 0 Å². The summed E-state index contributed by atoms with van der Waals surface area (Å²) in [6.07, 6.45) is -0.224. The minimum atomic E-state index is -3.66. The van der Waals surface area contributed by atoms with Crippen LogP contribution in [0.4, 0.5) is 0 Å². The molecule has 0 spiro atoms. The summed E-state index contributed by atoms with van der Waals surface area (Å²) >= 11 is 0. The number of aliphatic carboxylic acids is 2. The number of rotatable bonds is 5. The van der Waals surface area contributed by atoms with E-state index in [9.17, 15) is 18.0 Å². The van der Waals surface area contributed by atoms with Crippen LogP contribution in [0.3, 0.4) is 0 Å². The molecule has 1 unspecified atom stereocenters. The summed E-state index contributed by atoms with van der Waals surface area (Å²) in [4.78, 5) is 19.9. The predicted octanol–water partition coefficient (Wildman–Crippen LogP) is -0.843. The second-order valence-corrected chi connectivity index (χ2v) is 4.49. The van der Waals surface area contributed by atoms with E-state index in [1.165, 1.54) is 6.92 Å². The van der Waals surface area contributed by atoms with Gasteiger partial charge in [-0.2, -0.15) is 8.42 Å². The van der Waals surface area contributed by atoms with Gasteiger partial charge in [0, 0.05) is 6.42 Å². The van der Waals surface area contributed by atoms with Crippen molar-refractivity contribution >= 4 is 22.1 Å². The lowest BCUT2D eigenvalue weighted by molar-refractivity contribution is -0.139. The Balaban J connectivity index is 0. The molecule has 0 saturated carbocycles. The molecule has 0 aliphatic rings. The van der Waals surface area contributed by atoms with Crippen molar-refractivity contribution in [1.82, 2.24) is 0 Å². The zero-order valence-corrected chi connectivity index (χ0v) is 9.48. The predicted molar refractivity (Wildman–Crippen MR) is 54.6 cm³/mol. The summed E-state index contributed by atoms with van der Waals surface area (Å²) in [5, 5.41) is 16.3. The molecule has 16 heavy (non-hydrogen) atoms. The summed E-state index contributed by atoms with van der Waals surface area (Å²) in [7, 11) is -3.66. The van der Waals surface area contributed by atoms with E-state index < -0.39 is 28.1 Å². The number of hydrogen-bond acceptors (Lipinski definition) is 5. The summed E-state index contributed by atoms with van der Waals surface area (Å²) in [6, 6.07) is -1.06. The lowest BCUT2D eigenvalue weighted by atomic mass is 10.2. The van der Waals surface area contributed by atoms with E-state index in [-0.39, 0.29) is 18.6 Å². The number of carboxylic acid groups (broad SMARTS) is 2. The van der Waals surface area contributed by atoms with Crippen molar-refractivity contribution < 1.29 is 32.8 Å². The Morgan fingerprint density at radius 1 is 1.31 bits per heavy atom. The Labute approximate surface area is 92.8 Å². The fourth-order valence-corrected chi connectivity index (χ4v) is 0.402. The van der Waals surface area contributed by atoms with Gasteiger partial charge in [0.05, 0.1) is 5.75 Å². The first-order valence-electron chi connectivity index (χ1n) is 4.25. The minimum Gasteiger partial charge on any atom is -0.481 e. The van der Waals surface area contributed by atoms with Crippen LogP contribution in [0.1, 0.15) is 19.8 Å². The molecule has 0 heterocycles. The van der Waals surface area contributed by atoms with Gasteiger partial charge in [-0.15, -0.1) is 0 Å². The van der Waals surface area contributed by atoms with Crippen molar-refractivity contribution in [3.05, 3.63) is 0 Å². The van der Waals surface area contributed by atoms with Crippen LogP contribution in [0, 0.1) is 0 Å². The highest BCUT2D eigenvalue weighted by atomic mass is 32.2. The minimum absolute atomic E-state index is 0.0231. The number of hydrogen-bond donors (Lipinski definition) is 4. The van der Waals surface area contributed by atoms with Gasteiger partial charge in [0.15, 0.2) is 0 Å². The topological polar surface area (TPSA) is 155 Å². The van der Waals surface area contributed by atoms with E-state index in [1.807, 2.05) is 0 Å². The average Bonchev–Trinajstić information content (AvgIpc) is 2.13. The SMILES string of the molecule is CCS(=O)(=O)O.NC(CCC(=O)O)C(=O)O. The van der Waals surface area contributed by atoms with Gasteiger partial charge < -0.3 is 15.9 Å². The molecule has 0 rings (SSSR count). The number of carboxylic acids is 2. The molecular formula is C7H15NO7S. The lowest BCUT2D eigenvalue weighted by Crippen LogP contribution is -2.30. The summed E-state index contributed by atoms with van der Waals surface area (Å²) in [5.41, 5.74) is 5.00. The fraction of sp³-hybridized carbons (Fsp3) is 0.714. The normalized spacial score (nSPS) is 12.2. The van der Waals surface area contributed by atoms with Crippen molar-refractivity contribution in [3.63, 3.8) is 0 Å². The Kier molecular flexibility index (Phi) is 8.63. The molecule has 8 nitrogen and oxygen atoms in total. The van der Waals surface area contributed by atoms with Crippen LogP contribution in [0.5, 0.6) is 0 Å². The molecule has 0 saturated heterocycles. The quantitative estimate of drug-likeness (QED) is 0.464. The van der Waals surface area contributed by atoms with Gasteiger partial charge in [-0.1, -0.05) is 0 Å². The third-order valence-corrected chi connectivity index (χ3v) is 2.08. The Morgan fingerprint density at radius 3 is 1.88 bits per heavy atom. The standard InChI is InChI=1S/C5H9NO4.C2H6O3S/c6-3(5(9)10)1-2-4(7)8;1-2-6(3,4)5/h3H,1-2,6H2,(H,7,8)(H,9,10);2H2,1H3,(H,3,4,5). The van der Waals surface area contributed by atoms with Gasteiger partial charge >= 0.3 is 11.9 Å². The highest BCUT2D eigenvalue weighted by Gasteiger charge is 2.12. The highest BCUT2D eigenvalue weighted by Crippen LogP contribution is 1.93. The second kappa shape index (κ2) is 8.02. The van der Waals surface area contributed by atoms with Crippen LogP contribution in [0.15, 0.2) is 0 Å². The Morgan fingerprint density at radius 2 is 1.69 bits per heavy atom. The van der Waals surface area contributed by atoms with Gasteiger partial charge in [-0.05, 0) is 13.3 Å². The molecule has 0 aromatic rings. The van der Waals surface area contributed by atoms with Gasteiger partial charge in [0.2, 0.25) is 0 Å². The molecule has 0 bridgehead atoms. The number of carbonyl (C=O) groups is 2. The van der Waals surface area contributed by atoms with E-state index in [2.05, 4.69) is 0 Å². The van der Waals surface area contributed by atoms with Crippen LogP contribution in [0.25, 0.3) is 0 Å². The summed E-state index contributed by atoms with van der Waals surface area (Å²) < 4.78 is 26.9. The summed E-state index contributed by atoms with van der Waals surface area (Å²) in [5.74, 6) is -2.40. The van der Waals surface area contributed by atoms with E-state index in [1.54, 1.807) is 0 Å². The van der Waals surface area contributed by atoms with Crippen LogP contribution in [-0.4, -0.2) is 46.9 Å². The molecule has 0 aliphatic carbocycles. The average molecular weight is 257 g/mol. The lowest BCUT2D eigenvalue weighted by Gasteiger charge is -2.01. The van der Waals surface area contributed by atoms with Crippen molar-refractivity contribution in [2.45, 2.75) is 25.8 Å². The molecule has 96 valence electrons. The number of nitrogens with two attached hydrogens (primary N) is 1. The molecule has 0 aliphatic heterocycles. The zero-order chi connectivity index (χ0) is 13.4. The monoisotopic (exact) mass is 257 g/mol. The largest absolute Gasteiger partial charge is 0.481 e. The molecule has 0 amide bonds. The van der Waals surface area contributed by atoms with E-state index in [0.717, 1.165) is 0 Å². The molecule has 0 fully saturated rings. The first-order chi connectivity index (χ1) is 7.10. The van der Waals surface area contributed by atoms with Gasteiger partial charge in [0.25, 0.3) is 10.1 Å². The van der Waals surface area contributed by atoms with E-state index in [4.69, 9.17) is 20.5 Å². The Bertz CT molecular complexity index is 324. The maximum atomic E-state index is 9.99. The van der Waals surface area contributed by atoms with Crippen molar-refractivity contribution in [3.8, 4) is 0 Å². The van der Waals surface area contributed by atoms with Gasteiger partial charge in [-0.3, -0.25) is 14.1 Å². The molecular weight excluding hydrogens is 242 g/mol. The van der Waals surface area contributed by atoms with Crippen LogP contribution < -0.4 is 5.73 Å². The maximum Gasteiger partial charge on any atom is 0.320 e. The van der Waals surface area contributed by atoms with Crippen LogP contribution >= 0.6 is 0 Å². The molecule has 5 N–H and O–H groups in total. The first-order valence-corrected chi connectivity index (χ1v) is 5.86. The zero-order valence-electron chi connectivity index (χ0n) is 8.66. The fourth-order valence-electron chi connectivity index (χ4n) is 0.402. The van der Waals surface area contributed by atoms with Crippen LogP contribution in [0.2, 0.25) is 0 Å². The molecule has 0 aromatic carbocycles.